The van der Waals surface area contributed by atoms with Gasteiger partial charge < -0.3 is 31.5 Å². The van der Waals surface area contributed by atoms with E-state index in [9.17, 15) is 15.0 Å². The Kier molecular flexibility index (Phi) is 2.42. The Morgan fingerprint density at radius 3 is 1.23 bits per heavy atom. The Labute approximate surface area is 126 Å². The van der Waals surface area contributed by atoms with E-state index in [1.165, 1.54) is 0 Å². The maximum absolute atomic E-state index is 12.7. The molecule has 2 heterocycles. The van der Waals surface area contributed by atoms with E-state index in [-0.39, 0.29) is 0 Å². The molecule has 2 aromatic rings. The molecule has 0 spiro atoms. The predicted molar refractivity (Wildman–Crippen MR) is 82.3 cm³/mol. The second kappa shape index (κ2) is 4.12. The van der Waals surface area contributed by atoms with Crippen molar-refractivity contribution < 1.29 is 15.0 Å². The van der Waals surface area contributed by atoms with Gasteiger partial charge in [-0.25, -0.2) is 0 Å². The van der Waals surface area contributed by atoms with E-state index in [2.05, 4.69) is 21.3 Å². The van der Waals surface area contributed by atoms with Gasteiger partial charge in [-0.3, -0.25) is 4.79 Å². The molecule has 0 fully saturated rings. The zero-order chi connectivity index (χ0) is 15.4. The fourth-order valence-electron chi connectivity index (χ4n) is 2.73. The Balaban J connectivity index is 1.64. The molecule has 6 N–H and O–H groups in total. The van der Waals surface area contributed by atoms with Crippen molar-refractivity contribution in [2.45, 2.75) is 11.7 Å². The molecule has 2 aliphatic rings. The number of hydrogen-bond acceptors (Lipinski definition) is 7. The molecule has 112 valence electrons. The quantitative estimate of drug-likeness (QED) is 0.490. The van der Waals surface area contributed by atoms with Crippen LogP contribution in [0.5, 0.6) is 0 Å². The standard InChI is InChI=1S/C15H14N4O3/c20-13(14(21)16-9-5-1-2-6-10(9)17-14)15(22)18-11-7-3-4-8-12(11)19-15/h1-8,16-19,21-22H. The van der Waals surface area contributed by atoms with E-state index in [0.29, 0.717) is 22.7 Å². The minimum atomic E-state index is -2.11. The Morgan fingerprint density at radius 1 is 0.682 bits per heavy atom. The number of aliphatic hydroxyl groups is 2. The van der Waals surface area contributed by atoms with Gasteiger partial charge in [-0.1, -0.05) is 24.3 Å². The van der Waals surface area contributed by atoms with Crippen molar-refractivity contribution in [1.82, 2.24) is 0 Å². The minimum Gasteiger partial charge on any atom is -0.348 e. The third kappa shape index (κ3) is 1.73. The zero-order valence-corrected chi connectivity index (χ0v) is 11.4. The Morgan fingerprint density at radius 2 is 0.955 bits per heavy atom. The topological polar surface area (TPSA) is 106 Å². The number of hydrogen-bond donors (Lipinski definition) is 6. The molecule has 0 aromatic heterocycles. The molecular formula is C15H14N4O3. The number of ketones is 1. The molecule has 0 unspecified atom stereocenters. The zero-order valence-electron chi connectivity index (χ0n) is 11.4. The van der Waals surface area contributed by atoms with Gasteiger partial charge in [-0.15, -0.1) is 0 Å². The van der Waals surface area contributed by atoms with Gasteiger partial charge >= 0.3 is 0 Å². The number of fused-ring (bicyclic) bond motifs is 2. The first kappa shape index (κ1) is 12.9. The molecule has 4 rings (SSSR count). The highest BCUT2D eigenvalue weighted by atomic mass is 16.4. The maximum atomic E-state index is 12.7. The summed E-state index contributed by atoms with van der Waals surface area (Å²) in [7, 11) is 0. The van der Waals surface area contributed by atoms with Gasteiger partial charge in [0.25, 0.3) is 17.5 Å². The predicted octanol–water partition coefficient (Wildman–Crippen LogP) is 0.923. The summed E-state index contributed by atoms with van der Waals surface area (Å²) in [6.45, 7) is 0. The summed E-state index contributed by atoms with van der Waals surface area (Å²) < 4.78 is 0. The second-order valence-corrected chi connectivity index (χ2v) is 5.34. The first-order valence-electron chi connectivity index (χ1n) is 6.81. The number of carbonyl (C=O) groups is 1. The molecule has 7 heteroatoms. The van der Waals surface area contributed by atoms with Gasteiger partial charge in [0.2, 0.25) is 0 Å². The summed E-state index contributed by atoms with van der Waals surface area (Å²) in [5.41, 5.74) is 2.32. The van der Waals surface area contributed by atoms with Gasteiger partial charge in [-0.2, -0.15) is 0 Å². The van der Waals surface area contributed by atoms with E-state index in [1.807, 2.05) is 0 Å². The molecule has 2 aliphatic heterocycles. The van der Waals surface area contributed by atoms with Crippen LogP contribution in [0.15, 0.2) is 48.5 Å². The first-order valence-corrected chi connectivity index (χ1v) is 6.81. The Bertz CT molecular complexity index is 663. The average Bonchev–Trinajstić information content (AvgIpc) is 3.03. The van der Waals surface area contributed by atoms with Crippen LogP contribution in [0.25, 0.3) is 0 Å². The largest absolute Gasteiger partial charge is 0.348 e. The first-order chi connectivity index (χ1) is 10.5. The number of nitrogens with one attached hydrogen (secondary N) is 4. The van der Waals surface area contributed by atoms with Crippen LogP contribution in [-0.4, -0.2) is 27.7 Å². The molecule has 0 bridgehead atoms. The van der Waals surface area contributed by atoms with Crippen molar-refractivity contribution in [1.29, 1.82) is 0 Å². The van der Waals surface area contributed by atoms with Crippen LogP contribution in [0.2, 0.25) is 0 Å². The third-order valence-corrected chi connectivity index (χ3v) is 3.77. The smallest absolute Gasteiger partial charge is 0.284 e. The number of para-hydroxylation sites is 4. The molecule has 2 aromatic carbocycles. The average molecular weight is 298 g/mol. The van der Waals surface area contributed by atoms with Crippen LogP contribution in [-0.2, 0) is 4.79 Å². The van der Waals surface area contributed by atoms with Crippen LogP contribution in [0.1, 0.15) is 0 Å². The lowest BCUT2D eigenvalue weighted by atomic mass is 10.1. The molecule has 0 saturated heterocycles. The third-order valence-electron chi connectivity index (χ3n) is 3.77. The number of anilines is 4. The van der Waals surface area contributed by atoms with Gasteiger partial charge in [-0.05, 0) is 24.3 Å². The van der Waals surface area contributed by atoms with Crippen molar-refractivity contribution >= 4 is 28.5 Å². The van der Waals surface area contributed by atoms with Gasteiger partial charge in [0.05, 0.1) is 22.7 Å². The molecule has 0 saturated carbocycles. The van der Waals surface area contributed by atoms with E-state index in [1.54, 1.807) is 48.5 Å². The molecule has 7 nitrogen and oxygen atoms in total. The second-order valence-electron chi connectivity index (χ2n) is 5.34. The summed E-state index contributed by atoms with van der Waals surface area (Å²) >= 11 is 0. The molecule has 0 aliphatic carbocycles. The van der Waals surface area contributed by atoms with E-state index in [0.717, 1.165) is 0 Å². The lowest BCUT2D eigenvalue weighted by molar-refractivity contribution is -0.146. The molecule has 0 radical (unpaired) electrons. The highest BCUT2D eigenvalue weighted by Gasteiger charge is 2.54. The van der Waals surface area contributed by atoms with Crippen molar-refractivity contribution in [3.8, 4) is 0 Å². The van der Waals surface area contributed by atoms with Crippen LogP contribution < -0.4 is 21.3 Å². The summed E-state index contributed by atoms with van der Waals surface area (Å²) in [6, 6.07) is 14.0. The van der Waals surface area contributed by atoms with Gasteiger partial charge in [0, 0.05) is 0 Å². The maximum Gasteiger partial charge on any atom is 0.284 e. The van der Waals surface area contributed by atoms with Crippen molar-refractivity contribution in [3.63, 3.8) is 0 Å². The van der Waals surface area contributed by atoms with Crippen LogP contribution in [0.4, 0.5) is 22.7 Å². The molecular weight excluding hydrogens is 284 g/mol. The van der Waals surface area contributed by atoms with E-state index in [4.69, 9.17) is 0 Å². The van der Waals surface area contributed by atoms with Crippen molar-refractivity contribution in [2.75, 3.05) is 21.3 Å². The van der Waals surface area contributed by atoms with Gasteiger partial charge in [0.1, 0.15) is 0 Å². The van der Waals surface area contributed by atoms with Crippen molar-refractivity contribution in [3.05, 3.63) is 48.5 Å². The minimum absolute atomic E-state index is 0.581. The number of Topliss-reactive ketones (excluding diaryl/α,β-unsaturated/α-hetero) is 1. The molecule has 0 amide bonds. The molecule has 22 heavy (non-hydrogen) atoms. The number of rotatable bonds is 2. The van der Waals surface area contributed by atoms with Crippen LogP contribution in [0.3, 0.4) is 0 Å². The monoisotopic (exact) mass is 298 g/mol. The summed E-state index contributed by atoms with van der Waals surface area (Å²) in [4.78, 5) is 12.7. The van der Waals surface area contributed by atoms with E-state index < -0.39 is 17.5 Å². The normalized spacial score (nSPS) is 19.0. The fourth-order valence-corrected chi connectivity index (χ4v) is 2.73. The number of carbonyl (C=O) groups excluding carboxylic acids is 1. The fraction of sp³-hybridized carbons (Fsp3) is 0.133. The summed E-state index contributed by atoms with van der Waals surface area (Å²) in [5.74, 6) is -5.10. The van der Waals surface area contributed by atoms with Crippen LogP contribution >= 0.6 is 0 Å². The summed E-state index contributed by atoms with van der Waals surface area (Å²) in [5, 5.41) is 31.9. The van der Waals surface area contributed by atoms with Crippen LogP contribution in [0, 0.1) is 0 Å². The number of benzene rings is 2. The lowest BCUT2D eigenvalue weighted by Gasteiger charge is -2.31. The van der Waals surface area contributed by atoms with Gasteiger partial charge in [0.15, 0.2) is 0 Å². The van der Waals surface area contributed by atoms with Crippen molar-refractivity contribution in [2.24, 2.45) is 0 Å². The van der Waals surface area contributed by atoms with E-state index >= 15 is 0 Å². The summed E-state index contributed by atoms with van der Waals surface area (Å²) in [6.07, 6.45) is 0. The molecule has 0 atom stereocenters. The Hall–Kier alpha value is -2.77. The SMILES string of the molecule is O=C(C1(O)Nc2ccccc2N1)C1(O)Nc2ccccc2N1. The highest BCUT2D eigenvalue weighted by Crippen LogP contribution is 2.38. The lowest BCUT2D eigenvalue weighted by Crippen LogP contribution is -2.64. The highest BCUT2D eigenvalue weighted by molar-refractivity contribution is 6.06.